The Kier molecular flexibility index (Phi) is 6.53. The van der Waals surface area contributed by atoms with E-state index in [0.717, 1.165) is 5.56 Å². The number of amides is 1. The first-order valence-corrected chi connectivity index (χ1v) is 6.36. The second-order valence-corrected chi connectivity index (χ2v) is 4.21. The third kappa shape index (κ3) is 6.29. The van der Waals surface area contributed by atoms with Gasteiger partial charge in [0.05, 0.1) is 0 Å². The minimum Gasteiger partial charge on any atom is -0.480 e. The van der Waals surface area contributed by atoms with Crippen LogP contribution in [0.15, 0.2) is 48.7 Å². The van der Waals surface area contributed by atoms with Gasteiger partial charge in [-0.3, -0.25) is 0 Å². The maximum Gasteiger partial charge on any atom is 0.409 e. The highest BCUT2D eigenvalue weighted by Crippen LogP contribution is 2.13. The topological polar surface area (TPSA) is 102 Å². The predicted octanol–water partition coefficient (Wildman–Crippen LogP) is 1.82. The molecule has 112 valence electrons. The molecule has 1 atom stereocenters. The molecule has 0 aliphatic carbocycles. The van der Waals surface area contributed by atoms with Gasteiger partial charge in [0, 0.05) is 6.42 Å². The number of aliphatic carboxylic acids is 1. The van der Waals surface area contributed by atoms with Crippen LogP contribution in [0, 0.1) is 0 Å². The van der Waals surface area contributed by atoms with Crippen molar-refractivity contribution < 1.29 is 19.4 Å². The van der Waals surface area contributed by atoms with E-state index in [1.54, 1.807) is 42.6 Å². The SMILES string of the molecule is CC=CC=CN[C@@H](Cc1ccc(OC(N)=O)cc1)C(=O)O. The average Bonchev–Trinajstić information content (AvgIpc) is 2.43. The van der Waals surface area contributed by atoms with Gasteiger partial charge in [-0.15, -0.1) is 0 Å². The first-order chi connectivity index (χ1) is 10.0. The van der Waals surface area contributed by atoms with E-state index in [0.29, 0.717) is 12.2 Å². The Labute approximate surface area is 122 Å². The summed E-state index contributed by atoms with van der Waals surface area (Å²) in [4.78, 5) is 21.8. The summed E-state index contributed by atoms with van der Waals surface area (Å²) in [6.07, 6.45) is 6.35. The number of carbonyl (C=O) groups excluding carboxylic acids is 1. The number of nitrogens with two attached hydrogens (primary N) is 1. The van der Waals surface area contributed by atoms with Crippen molar-refractivity contribution in [1.29, 1.82) is 0 Å². The Morgan fingerprint density at radius 3 is 2.52 bits per heavy atom. The van der Waals surface area contributed by atoms with Crippen molar-refractivity contribution in [2.45, 2.75) is 19.4 Å². The standard InChI is InChI=1S/C15H18N2O4/c1-2-3-4-9-17-13(14(18)19)10-11-5-7-12(8-6-11)21-15(16)20/h2-9,13,17H,10H2,1H3,(H2,16,20)(H,18,19)/t13-/m0/s1. The number of carbonyl (C=O) groups is 2. The highest BCUT2D eigenvalue weighted by atomic mass is 16.5. The molecule has 1 aromatic rings. The van der Waals surface area contributed by atoms with E-state index in [1.807, 2.05) is 13.0 Å². The van der Waals surface area contributed by atoms with Gasteiger partial charge in [-0.25, -0.2) is 9.59 Å². The second kappa shape index (κ2) is 8.42. The fourth-order valence-corrected chi connectivity index (χ4v) is 1.60. The summed E-state index contributed by atoms with van der Waals surface area (Å²) < 4.78 is 4.70. The lowest BCUT2D eigenvalue weighted by Crippen LogP contribution is -2.35. The lowest BCUT2D eigenvalue weighted by Gasteiger charge is -2.12. The van der Waals surface area contributed by atoms with E-state index in [2.05, 4.69) is 5.32 Å². The van der Waals surface area contributed by atoms with Crippen molar-refractivity contribution >= 4 is 12.1 Å². The van der Waals surface area contributed by atoms with Crippen LogP contribution in [-0.2, 0) is 11.2 Å². The summed E-state index contributed by atoms with van der Waals surface area (Å²) in [5, 5.41) is 12.0. The van der Waals surface area contributed by atoms with E-state index in [9.17, 15) is 9.59 Å². The van der Waals surface area contributed by atoms with Gasteiger partial charge in [0.2, 0.25) is 0 Å². The summed E-state index contributed by atoms with van der Waals surface area (Å²) >= 11 is 0. The number of primary amides is 1. The fourth-order valence-electron chi connectivity index (χ4n) is 1.60. The lowest BCUT2D eigenvalue weighted by atomic mass is 10.1. The van der Waals surface area contributed by atoms with Gasteiger partial charge >= 0.3 is 12.1 Å². The molecule has 0 aliphatic rings. The van der Waals surface area contributed by atoms with Crippen LogP contribution in [0.2, 0.25) is 0 Å². The molecule has 1 amide bonds. The molecular weight excluding hydrogens is 272 g/mol. The normalized spacial score (nSPS) is 12.4. The molecule has 6 heteroatoms. The first-order valence-electron chi connectivity index (χ1n) is 6.36. The van der Waals surface area contributed by atoms with Crippen LogP contribution in [0.25, 0.3) is 0 Å². The van der Waals surface area contributed by atoms with Gasteiger partial charge in [0.15, 0.2) is 0 Å². The molecule has 1 aromatic carbocycles. The van der Waals surface area contributed by atoms with E-state index < -0.39 is 18.1 Å². The molecule has 0 radical (unpaired) electrons. The zero-order chi connectivity index (χ0) is 15.7. The minimum absolute atomic E-state index is 0.298. The maximum absolute atomic E-state index is 11.2. The predicted molar refractivity (Wildman–Crippen MR) is 78.9 cm³/mol. The number of rotatable bonds is 7. The first kappa shape index (κ1) is 16.3. The van der Waals surface area contributed by atoms with Crippen LogP contribution in [0.1, 0.15) is 12.5 Å². The Bertz CT molecular complexity index is 535. The van der Waals surface area contributed by atoms with Crippen LogP contribution in [0.3, 0.4) is 0 Å². The quantitative estimate of drug-likeness (QED) is 0.665. The summed E-state index contributed by atoms with van der Waals surface area (Å²) in [6, 6.07) is 5.76. The van der Waals surface area contributed by atoms with Crippen molar-refractivity contribution in [3.05, 3.63) is 54.3 Å². The van der Waals surface area contributed by atoms with Crippen molar-refractivity contribution in [3.63, 3.8) is 0 Å². The monoisotopic (exact) mass is 290 g/mol. The fraction of sp³-hybridized carbons (Fsp3) is 0.200. The molecule has 0 unspecified atom stereocenters. The highest BCUT2D eigenvalue weighted by Gasteiger charge is 2.15. The second-order valence-electron chi connectivity index (χ2n) is 4.21. The number of benzene rings is 1. The molecule has 0 saturated carbocycles. The summed E-state index contributed by atoms with van der Waals surface area (Å²) in [5.74, 6) is -0.628. The Balaban J connectivity index is 2.66. The summed E-state index contributed by atoms with van der Waals surface area (Å²) in [7, 11) is 0. The van der Waals surface area contributed by atoms with Gasteiger partial charge < -0.3 is 20.9 Å². The zero-order valence-corrected chi connectivity index (χ0v) is 11.7. The third-order valence-corrected chi connectivity index (χ3v) is 2.58. The number of hydrogen-bond acceptors (Lipinski definition) is 4. The average molecular weight is 290 g/mol. The van der Waals surface area contributed by atoms with Crippen molar-refractivity contribution in [1.82, 2.24) is 5.32 Å². The van der Waals surface area contributed by atoms with E-state index in [1.165, 1.54) is 0 Å². The molecule has 4 N–H and O–H groups in total. The van der Waals surface area contributed by atoms with Gasteiger partial charge in [0.1, 0.15) is 11.8 Å². The smallest absolute Gasteiger partial charge is 0.409 e. The molecule has 6 nitrogen and oxygen atoms in total. The maximum atomic E-state index is 11.2. The molecule has 21 heavy (non-hydrogen) atoms. The minimum atomic E-state index is -0.947. The number of ether oxygens (including phenoxy) is 1. The Morgan fingerprint density at radius 1 is 1.33 bits per heavy atom. The van der Waals surface area contributed by atoms with Crippen LogP contribution in [0.5, 0.6) is 5.75 Å². The Hall–Kier alpha value is -2.76. The molecule has 0 spiro atoms. The molecule has 0 aromatic heterocycles. The molecule has 1 rings (SSSR count). The van der Waals surface area contributed by atoms with Crippen molar-refractivity contribution in [3.8, 4) is 5.75 Å². The summed E-state index contributed by atoms with van der Waals surface area (Å²) in [6.45, 7) is 1.87. The van der Waals surface area contributed by atoms with E-state index in [-0.39, 0.29) is 0 Å². The number of allylic oxidation sites excluding steroid dienone is 3. The Morgan fingerprint density at radius 2 is 2.00 bits per heavy atom. The highest BCUT2D eigenvalue weighted by molar-refractivity contribution is 5.74. The molecule has 0 saturated heterocycles. The zero-order valence-electron chi connectivity index (χ0n) is 11.7. The van der Waals surface area contributed by atoms with Crippen LogP contribution in [-0.4, -0.2) is 23.2 Å². The molecule has 0 bridgehead atoms. The molecule has 0 heterocycles. The van der Waals surface area contributed by atoms with Crippen molar-refractivity contribution in [2.75, 3.05) is 0 Å². The number of carboxylic acid groups (broad SMARTS) is 1. The van der Waals surface area contributed by atoms with Crippen molar-refractivity contribution in [2.24, 2.45) is 5.73 Å². The number of hydrogen-bond donors (Lipinski definition) is 3. The number of carboxylic acids is 1. The van der Waals surface area contributed by atoms with E-state index in [4.69, 9.17) is 15.6 Å². The van der Waals surface area contributed by atoms with Crippen LogP contribution >= 0.6 is 0 Å². The van der Waals surface area contributed by atoms with Crippen LogP contribution in [0.4, 0.5) is 4.79 Å². The van der Waals surface area contributed by atoms with Gasteiger partial charge in [-0.1, -0.05) is 24.3 Å². The number of nitrogens with one attached hydrogen (secondary N) is 1. The largest absolute Gasteiger partial charge is 0.480 e. The van der Waals surface area contributed by atoms with Gasteiger partial charge in [-0.2, -0.15) is 0 Å². The lowest BCUT2D eigenvalue weighted by molar-refractivity contribution is -0.139. The molecular formula is C15H18N2O4. The van der Waals surface area contributed by atoms with Gasteiger partial charge in [-0.05, 0) is 36.9 Å². The summed E-state index contributed by atoms with van der Waals surface area (Å²) in [5.41, 5.74) is 5.70. The van der Waals surface area contributed by atoms with E-state index >= 15 is 0 Å². The molecule has 0 fully saturated rings. The molecule has 0 aliphatic heterocycles. The van der Waals surface area contributed by atoms with Gasteiger partial charge in [0.25, 0.3) is 0 Å². The third-order valence-electron chi connectivity index (χ3n) is 2.58. The van der Waals surface area contributed by atoms with Crippen LogP contribution < -0.4 is 15.8 Å².